The summed E-state index contributed by atoms with van der Waals surface area (Å²) in [5.74, 6) is -0.832. The van der Waals surface area contributed by atoms with E-state index in [0.717, 1.165) is 32.5 Å². The summed E-state index contributed by atoms with van der Waals surface area (Å²) < 4.78 is 2.57. The number of nitrogens with zero attached hydrogens (tertiary/aromatic N) is 3. The minimum Gasteiger partial charge on any atom is -0.375 e. The molecular weight excluding hydrogens is 557 g/mol. The zero-order valence-corrected chi connectivity index (χ0v) is 23.1. The molecule has 0 fully saturated rings. The molecule has 202 valence electrons. The van der Waals surface area contributed by atoms with Gasteiger partial charge in [-0.25, -0.2) is 9.97 Å². The first-order valence-electron chi connectivity index (χ1n) is 12.8. The summed E-state index contributed by atoms with van der Waals surface area (Å²) in [5, 5.41) is 10.2. The summed E-state index contributed by atoms with van der Waals surface area (Å²) in [5.41, 5.74) is 11.4. The van der Waals surface area contributed by atoms with Crippen LogP contribution in [-0.2, 0) is 17.8 Å². The normalized spacial score (nSPS) is 14.4. The third-order valence-electron chi connectivity index (χ3n) is 7.15. The minimum atomic E-state index is -0.739. The van der Waals surface area contributed by atoms with E-state index in [4.69, 9.17) is 10.7 Å². The topological polar surface area (TPSA) is 131 Å². The summed E-state index contributed by atoms with van der Waals surface area (Å²) >= 11 is 2.88. The van der Waals surface area contributed by atoms with Crippen LogP contribution in [0.25, 0.3) is 27.1 Å². The molecule has 0 radical (unpaired) electrons. The summed E-state index contributed by atoms with van der Waals surface area (Å²) in [4.78, 5) is 49.1. The van der Waals surface area contributed by atoms with Crippen LogP contribution < -0.4 is 16.4 Å². The summed E-state index contributed by atoms with van der Waals surface area (Å²) in [6.07, 6.45) is 1.98. The van der Waals surface area contributed by atoms with E-state index in [1.165, 1.54) is 22.7 Å². The molecule has 0 saturated carbocycles. The van der Waals surface area contributed by atoms with Gasteiger partial charge in [0, 0.05) is 30.1 Å². The molecule has 0 spiro atoms. The van der Waals surface area contributed by atoms with Gasteiger partial charge in [0.2, 0.25) is 0 Å². The van der Waals surface area contributed by atoms with Crippen LogP contribution >= 0.6 is 22.7 Å². The van der Waals surface area contributed by atoms with E-state index in [2.05, 4.69) is 15.6 Å². The number of imidazole rings is 1. The van der Waals surface area contributed by atoms with Crippen molar-refractivity contribution in [2.24, 2.45) is 0 Å². The van der Waals surface area contributed by atoms with Gasteiger partial charge in [0.05, 0.1) is 15.8 Å². The SMILES string of the molecule is Nc1nc2ccc(CNC(=O)c3cccn4c(C(=O)N[C@@H]5C(=O)Cc6ccccc65)c(-c5ccsc5)nc34)cc2s1. The number of hydrogen-bond acceptors (Lipinski definition) is 8. The molecule has 1 aliphatic carbocycles. The third kappa shape index (κ3) is 4.45. The lowest BCUT2D eigenvalue weighted by molar-refractivity contribution is -0.119. The molecule has 7 rings (SSSR count). The molecular formula is C30H22N6O3S2. The molecule has 0 bridgehead atoms. The Bertz CT molecular complexity index is 1990. The first-order valence-corrected chi connectivity index (χ1v) is 14.6. The second-order valence-electron chi connectivity index (χ2n) is 9.72. The average Bonchev–Trinajstić information content (AvgIpc) is 3.76. The second kappa shape index (κ2) is 9.95. The van der Waals surface area contributed by atoms with Crippen LogP contribution in [-0.4, -0.2) is 32.0 Å². The predicted molar refractivity (Wildman–Crippen MR) is 159 cm³/mol. The van der Waals surface area contributed by atoms with E-state index in [-0.39, 0.29) is 23.8 Å². The van der Waals surface area contributed by atoms with Crippen LogP contribution in [0.2, 0.25) is 0 Å². The Kier molecular flexibility index (Phi) is 6.10. The molecule has 0 aliphatic heterocycles. The highest BCUT2D eigenvalue weighted by Crippen LogP contribution is 2.31. The van der Waals surface area contributed by atoms with Gasteiger partial charge in [0.1, 0.15) is 17.4 Å². The molecule has 41 heavy (non-hydrogen) atoms. The van der Waals surface area contributed by atoms with E-state index >= 15 is 0 Å². The Labute approximate surface area is 241 Å². The van der Waals surface area contributed by atoms with Crippen molar-refractivity contribution in [2.45, 2.75) is 19.0 Å². The van der Waals surface area contributed by atoms with Crippen LogP contribution in [0, 0.1) is 0 Å². The number of aromatic nitrogens is 3. The number of amides is 2. The van der Waals surface area contributed by atoms with Gasteiger partial charge < -0.3 is 16.4 Å². The van der Waals surface area contributed by atoms with Crippen molar-refractivity contribution in [3.8, 4) is 11.3 Å². The molecule has 4 aromatic heterocycles. The number of nitrogens with two attached hydrogens (primary N) is 1. The monoisotopic (exact) mass is 578 g/mol. The molecule has 2 amide bonds. The van der Waals surface area contributed by atoms with Crippen LogP contribution in [0.1, 0.15) is 43.6 Å². The highest BCUT2D eigenvalue weighted by atomic mass is 32.1. The van der Waals surface area contributed by atoms with E-state index in [1.54, 1.807) is 22.7 Å². The third-order valence-corrected chi connectivity index (χ3v) is 8.69. The molecule has 4 heterocycles. The Morgan fingerprint density at radius 3 is 2.78 bits per heavy atom. The lowest BCUT2D eigenvalue weighted by atomic mass is 10.1. The minimum absolute atomic E-state index is 0.0651. The van der Waals surface area contributed by atoms with E-state index in [9.17, 15) is 14.4 Å². The smallest absolute Gasteiger partial charge is 0.271 e. The Balaban J connectivity index is 1.22. The molecule has 2 aromatic carbocycles. The molecule has 1 aliphatic rings. The number of pyridine rings is 1. The van der Waals surface area contributed by atoms with Crippen LogP contribution in [0.15, 0.2) is 77.6 Å². The van der Waals surface area contributed by atoms with Crippen molar-refractivity contribution in [1.29, 1.82) is 0 Å². The molecule has 0 saturated heterocycles. The fourth-order valence-electron chi connectivity index (χ4n) is 5.23. The number of anilines is 1. The lowest BCUT2D eigenvalue weighted by Gasteiger charge is -2.14. The molecule has 0 unspecified atom stereocenters. The predicted octanol–water partition coefficient (Wildman–Crippen LogP) is 4.78. The maximum Gasteiger partial charge on any atom is 0.271 e. The van der Waals surface area contributed by atoms with Gasteiger partial charge in [-0.1, -0.05) is 41.7 Å². The Hall–Kier alpha value is -4.87. The molecule has 11 heteroatoms. The number of nitrogen functional groups attached to an aromatic ring is 1. The average molecular weight is 579 g/mol. The van der Waals surface area contributed by atoms with Gasteiger partial charge in [-0.05, 0) is 52.4 Å². The lowest BCUT2D eigenvalue weighted by Crippen LogP contribution is -2.32. The highest BCUT2D eigenvalue weighted by Gasteiger charge is 2.33. The standard InChI is InChI=1S/C30H22N6O3S2/c31-30-33-21-8-7-16(12-23(21)41-30)14-32-28(38)20-6-3-10-36-26(24(34-27(20)36)18-9-11-40-15-18)29(39)35-25-19-5-2-1-4-17(19)13-22(25)37/h1-12,15,25H,13-14H2,(H2,31,33)(H,32,38)(H,35,39)/t25-/m0/s1. The Morgan fingerprint density at radius 2 is 1.93 bits per heavy atom. The maximum atomic E-state index is 13.8. The van der Waals surface area contributed by atoms with Crippen LogP contribution in [0.5, 0.6) is 0 Å². The van der Waals surface area contributed by atoms with Gasteiger partial charge in [-0.2, -0.15) is 11.3 Å². The number of rotatable bonds is 6. The number of benzene rings is 2. The van der Waals surface area contributed by atoms with Gasteiger partial charge >= 0.3 is 0 Å². The summed E-state index contributed by atoms with van der Waals surface area (Å²) in [6.45, 7) is 0.294. The van der Waals surface area contributed by atoms with Crippen molar-refractivity contribution in [1.82, 2.24) is 25.0 Å². The van der Waals surface area contributed by atoms with Crippen molar-refractivity contribution >= 4 is 61.3 Å². The zero-order valence-electron chi connectivity index (χ0n) is 21.5. The van der Waals surface area contributed by atoms with E-state index in [1.807, 2.05) is 59.3 Å². The number of fused-ring (bicyclic) bond motifs is 3. The first kappa shape index (κ1) is 25.1. The molecule has 4 N–H and O–H groups in total. The molecule has 6 aromatic rings. The van der Waals surface area contributed by atoms with E-state index < -0.39 is 11.9 Å². The first-order chi connectivity index (χ1) is 20.0. The van der Waals surface area contributed by atoms with Gasteiger partial charge in [-0.15, -0.1) is 0 Å². The van der Waals surface area contributed by atoms with Gasteiger partial charge in [-0.3, -0.25) is 18.8 Å². The van der Waals surface area contributed by atoms with Crippen molar-refractivity contribution < 1.29 is 14.4 Å². The fraction of sp³-hybridized carbons (Fsp3) is 0.100. The van der Waals surface area contributed by atoms with Crippen LogP contribution in [0.3, 0.4) is 0 Å². The molecule has 1 atom stereocenters. The van der Waals surface area contributed by atoms with Crippen molar-refractivity contribution in [3.05, 3.63) is 106 Å². The second-order valence-corrected chi connectivity index (χ2v) is 11.6. The fourth-order valence-corrected chi connectivity index (χ4v) is 6.67. The maximum absolute atomic E-state index is 13.8. The van der Waals surface area contributed by atoms with Gasteiger partial charge in [0.25, 0.3) is 11.8 Å². The number of carbonyl (C=O) groups is 3. The molecule has 9 nitrogen and oxygen atoms in total. The summed E-state index contributed by atoms with van der Waals surface area (Å²) in [7, 11) is 0. The Morgan fingerprint density at radius 1 is 1.05 bits per heavy atom. The number of ketones is 1. The summed E-state index contributed by atoms with van der Waals surface area (Å²) in [6, 6.07) is 17.8. The number of thiophene rings is 1. The largest absolute Gasteiger partial charge is 0.375 e. The quantitative estimate of drug-likeness (QED) is 0.261. The number of carbonyl (C=O) groups excluding carboxylic acids is 3. The van der Waals surface area contributed by atoms with Crippen LogP contribution in [0.4, 0.5) is 5.13 Å². The number of hydrogen-bond donors (Lipinski definition) is 3. The van der Waals surface area contributed by atoms with Crippen molar-refractivity contribution in [3.63, 3.8) is 0 Å². The van der Waals surface area contributed by atoms with E-state index in [0.29, 0.717) is 28.6 Å². The number of Topliss-reactive ketones (excluding diaryl/α,β-unsaturated/α-hetero) is 1. The van der Waals surface area contributed by atoms with Crippen molar-refractivity contribution in [2.75, 3.05) is 5.73 Å². The number of nitrogens with one attached hydrogen (secondary N) is 2. The zero-order chi connectivity index (χ0) is 28.1. The highest BCUT2D eigenvalue weighted by molar-refractivity contribution is 7.22. The van der Waals surface area contributed by atoms with Gasteiger partial charge in [0.15, 0.2) is 16.6 Å². The number of thiazole rings is 1.